The van der Waals surface area contributed by atoms with E-state index in [0.29, 0.717) is 12.6 Å². The summed E-state index contributed by atoms with van der Waals surface area (Å²) in [5, 5.41) is 11.4. The Morgan fingerprint density at radius 1 is 1.15 bits per heavy atom. The van der Waals surface area contributed by atoms with Gasteiger partial charge >= 0.3 is 0 Å². The van der Waals surface area contributed by atoms with Gasteiger partial charge in [0.15, 0.2) is 5.65 Å². The van der Waals surface area contributed by atoms with E-state index < -0.39 is 0 Å². The van der Waals surface area contributed by atoms with E-state index in [9.17, 15) is 0 Å². The monoisotopic (exact) mass is 416 g/mol. The molecule has 0 bridgehead atoms. The average Bonchev–Trinajstić information content (AvgIpc) is 3.03. The summed E-state index contributed by atoms with van der Waals surface area (Å²) in [6, 6.07) is 2.48. The van der Waals surface area contributed by atoms with Gasteiger partial charge in [0, 0.05) is 36.6 Å². The maximum Gasteiger partial charge on any atom is 0.219 e. The minimum atomic E-state index is 0.273. The standard InChI is InChI=1S/C17H21BrN8/c18-13-10-23-26-15(20-7-11-8-21-17(19)22-9-11)6-14(25-16(13)26)24-12-4-2-1-3-5-12/h6,8-10,12,20H,1-5,7H2,(H,24,25)(H2,19,21,22). The van der Waals surface area contributed by atoms with Crippen LogP contribution in [0.4, 0.5) is 17.6 Å². The highest BCUT2D eigenvalue weighted by Gasteiger charge is 2.16. The highest BCUT2D eigenvalue weighted by molar-refractivity contribution is 9.10. The van der Waals surface area contributed by atoms with Crippen molar-refractivity contribution in [2.45, 2.75) is 44.7 Å². The lowest BCUT2D eigenvalue weighted by atomic mass is 9.95. The van der Waals surface area contributed by atoms with E-state index in [1.165, 1.54) is 32.1 Å². The van der Waals surface area contributed by atoms with Gasteiger partial charge in [-0.25, -0.2) is 15.0 Å². The van der Waals surface area contributed by atoms with Crippen molar-refractivity contribution in [3.63, 3.8) is 0 Å². The van der Waals surface area contributed by atoms with Crippen LogP contribution in [0.25, 0.3) is 5.65 Å². The molecule has 3 aromatic heterocycles. The molecule has 8 nitrogen and oxygen atoms in total. The first-order valence-electron chi connectivity index (χ1n) is 8.80. The zero-order valence-corrected chi connectivity index (χ0v) is 15.9. The van der Waals surface area contributed by atoms with Crippen molar-refractivity contribution in [3.8, 4) is 0 Å². The molecule has 1 saturated carbocycles. The highest BCUT2D eigenvalue weighted by Crippen LogP contribution is 2.25. The quantitative estimate of drug-likeness (QED) is 0.585. The van der Waals surface area contributed by atoms with E-state index in [2.05, 4.69) is 41.6 Å². The van der Waals surface area contributed by atoms with Crippen molar-refractivity contribution in [2.75, 3.05) is 16.4 Å². The molecule has 0 aromatic carbocycles. The second kappa shape index (κ2) is 7.45. The first-order valence-corrected chi connectivity index (χ1v) is 9.59. The third kappa shape index (κ3) is 3.72. The van der Waals surface area contributed by atoms with Gasteiger partial charge in [0.25, 0.3) is 0 Å². The molecule has 0 atom stereocenters. The van der Waals surface area contributed by atoms with Gasteiger partial charge in [-0.3, -0.25) is 0 Å². The van der Waals surface area contributed by atoms with Crippen LogP contribution in [0.2, 0.25) is 0 Å². The van der Waals surface area contributed by atoms with Gasteiger partial charge in [-0.2, -0.15) is 9.61 Å². The summed E-state index contributed by atoms with van der Waals surface area (Å²) in [6.07, 6.45) is 11.5. The van der Waals surface area contributed by atoms with Crippen molar-refractivity contribution in [1.82, 2.24) is 24.6 Å². The highest BCUT2D eigenvalue weighted by atomic mass is 79.9. The van der Waals surface area contributed by atoms with Crippen molar-refractivity contribution in [1.29, 1.82) is 0 Å². The van der Waals surface area contributed by atoms with Crippen LogP contribution in [0.3, 0.4) is 0 Å². The SMILES string of the molecule is Nc1ncc(CNc2cc(NC3CCCCC3)nc3c(Br)cnn23)cn1. The lowest BCUT2D eigenvalue weighted by Gasteiger charge is -2.23. The Morgan fingerprint density at radius 2 is 1.92 bits per heavy atom. The fraction of sp³-hybridized carbons (Fsp3) is 0.412. The van der Waals surface area contributed by atoms with Crippen LogP contribution in [0.1, 0.15) is 37.7 Å². The minimum absolute atomic E-state index is 0.273. The second-order valence-electron chi connectivity index (χ2n) is 6.54. The molecule has 0 saturated heterocycles. The molecule has 4 N–H and O–H groups in total. The zero-order chi connectivity index (χ0) is 17.9. The number of nitrogens with zero attached hydrogens (tertiary/aromatic N) is 5. The normalized spacial score (nSPS) is 15.3. The number of aromatic nitrogens is 5. The molecule has 3 aromatic rings. The molecule has 4 rings (SSSR count). The van der Waals surface area contributed by atoms with Crippen molar-refractivity contribution in [3.05, 3.63) is 34.7 Å². The van der Waals surface area contributed by atoms with Gasteiger partial charge in [0.2, 0.25) is 5.95 Å². The molecule has 9 heteroatoms. The molecule has 0 spiro atoms. The summed E-state index contributed by atoms with van der Waals surface area (Å²) in [6.45, 7) is 0.569. The van der Waals surface area contributed by atoms with Crippen LogP contribution >= 0.6 is 15.9 Å². The Kier molecular flexibility index (Phi) is 4.87. The lowest BCUT2D eigenvalue weighted by molar-refractivity contribution is 0.462. The summed E-state index contributed by atoms with van der Waals surface area (Å²) in [7, 11) is 0. The molecule has 26 heavy (non-hydrogen) atoms. The van der Waals surface area contributed by atoms with E-state index in [0.717, 1.165) is 27.3 Å². The predicted octanol–water partition coefficient (Wildman–Crippen LogP) is 3.22. The lowest BCUT2D eigenvalue weighted by Crippen LogP contribution is -2.23. The summed E-state index contributed by atoms with van der Waals surface area (Å²) in [5.41, 5.74) is 7.26. The Labute approximate surface area is 159 Å². The van der Waals surface area contributed by atoms with Crippen LogP contribution in [-0.2, 0) is 6.54 Å². The molecular formula is C17H21BrN8. The Hall–Kier alpha value is -2.42. The smallest absolute Gasteiger partial charge is 0.219 e. The Balaban J connectivity index is 1.58. The van der Waals surface area contributed by atoms with E-state index in [1.54, 1.807) is 23.1 Å². The number of hydrogen-bond acceptors (Lipinski definition) is 7. The van der Waals surface area contributed by atoms with Gasteiger partial charge in [-0.1, -0.05) is 19.3 Å². The average molecular weight is 417 g/mol. The van der Waals surface area contributed by atoms with Crippen LogP contribution in [0, 0.1) is 0 Å². The number of anilines is 3. The molecule has 1 aliphatic rings. The topological polar surface area (TPSA) is 106 Å². The molecule has 3 heterocycles. The molecule has 0 radical (unpaired) electrons. The Morgan fingerprint density at radius 3 is 2.69 bits per heavy atom. The van der Waals surface area contributed by atoms with Gasteiger partial charge in [0.05, 0.1) is 10.7 Å². The van der Waals surface area contributed by atoms with Crippen molar-refractivity contribution < 1.29 is 0 Å². The number of fused-ring (bicyclic) bond motifs is 1. The molecular weight excluding hydrogens is 396 g/mol. The number of nitrogens with two attached hydrogens (primary N) is 1. The van der Waals surface area contributed by atoms with Crippen molar-refractivity contribution in [2.24, 2.45) is 0 Å². The second-order valence-corrected chi connectivity index (χ2v) is 7.39. The maximum atomic E-state index is 5.54. The van der Waals surface area contributed by atoms with E-state index in [1.807, 2.05) is 6.07 Å². The number of rotatable bonds is 5. The number of halogens is 1. The third-order valence-corrected chi connectivity index (χ3v) is 5.14. The largest absolute Gasteiger partial charge is 0.368 e. The molecule has 0 amide bonds. The number of hydrogen-bond donors (Lipinski definition) is 3. The number of nitrogen functional groups attached to an aromatic ring is 1. The van der Waals surface area contributed by atoms with E-state index in [-0.39, 0.29) is 5.95 Å². The third-order valence-electron chi connectivity index (χ3n) is 4.58. The van der Waals surface area contributed by atoms with Gasteiger partial charge in [-0.15, -0.1) is 0 Å². The van der Waals surface area contributed by atoms with Crippen molar-refractivity contribution >= 4 is 39.2 Å². The first kappa shape index (κ1) is 17.0. The predicted molar refractivity (Wildman–Crippen MR) is 105 cm³/mol. The zero-order valence-electron chi connectivity index (χ0n) is 14.3. The summed E-state index contributed by atoms with van der Waals surface area (Å²) in [5.74, 6) is 1.99. The summed E-state index contributed by atoms with van der Waals surface area (Å²) < 4.78 is 2.65. The fourth-order valence-corrected chi connectivity index (χ4v) is 3.59. The summed E-state index contributed by atoms with van der Waals surface area (Å²) >= 11 is 3.53. The molecule has 1 fully saturated rings. The Bertz CT molecular complexity index is 886. The van der Waals surface area contributed by atoms with Gasteiger partial charge in [0.1, 0.15) is 11.6 Å². The van der Waals surface area contributed by atoms with Crippen LogP contribution in [-0.4, -0.2) is 30.6 Å². The molecule has 1 aliphatic carbocycles. The van der Waals surface area contributed by atoms with Gasteiger partial charge < -0.3 is 16.4 Å². The minimum Gasteiger partial charge on any atom is -0.368 e. The van der Waals surface area contributed by atoms with Crippen LogP contribution in [0.5, 0.6) is 0 Å². The van der Waals surface area contributed by atoms with E-state index in [4.69, 9.17) is 10.7 Å². The number of nitrogens with one attached hydrogen (secondary N) is 2. The molecule has 136 valence electrons. The summed E-state index contributed by atoms with van der Waals surface area (Å²) in [4.78, 5) is 12.8. The first-order chi connectivity index (χ1) is 12.7. The molecule has 0 aliphatic heterocycles. The van der Waals surface area contributed by atoms with Crippen LogP contribution in [0.15, 0.2) is 29.1 Å². The van der Waals surface area contributed by atoms with Gasteiger partial charge in [-0.05, 0) is 28.8 Å². The van der Waals surface area contributed by atoms with Crippen LogP contribution < -0.4 is 16.4 Å². The maximum absolute atomic E-state index is 5.54. The molecule has 0 unspecified atom stereocenters. The van der Waals surface area contributed by atoms with E-state index >= 15 is 0 Å². The fourth-order valence-electron chi connectivity index (χ4n) is 3.24.